The molecule has 1 heterocycles. The van der Waals surface area contributed by atoms with Gasteiger partial charge in [-0.25, -0.2) is 8.42 Å². The van der Waals surface area contributed by atoms with Gasteiger partial charge in [-0.2, -0.15) is 4.31 Å². The van der Waals surface area contributed by atoms with Crippen molar-refractivity contribution in [3.63, 3.8) is 0 Å². The number of aliphatic hydroxyl groups excluding tert-OH is 2. The summed E-state index contributed by atoms with van der Waals surface area (Å²) in [6.45, 7) is 2.01. The van der Waals surface area contributed by atoms with Crippen molar-refractivity contribution in [3.8, 4) is 0 Å². The van der Waals surface area contributed by atoms with Gasteiger partial charge >= 0.3 is 0 Å². The van der Waals surface area contributed by atoms with Crippen molar-refractivity contribution in [1.82, 2.24) is 4.31 Å². The third-order valence-electron chi connectivity index (χ3n) is 7.04. The molecule has 0 radical (unpaired) electrons. The molecule has 2 aromatic rings. The molecule has 1 saturated heterocycles. The lowest BCUT2D eigenvalue weighted by atomic mass is 9.83. The van der Waals surface area contributed by atoms with E-state index >= 15 is 0 Å². The number of nitrogens with zero attached hydrogens (tertiary/aromatic N) is 1. The summed E-state index contributed by atoms with van der Waals surface area (Å²) in [5, 5.41) is 22.1. The van der Waals surface area contributed by atoms with Crippen molar-refractivity contribution in [1.29, 1.82) is 0 Å². The van der Waals surface area contributed by atoms with Gasteiger partial charge in [0.05, 0.1) is 22.2 Å². The second-order valence-corrected chi connectivity index (χ2v) is 12.5. The number of hydrogen-bond donors (Lipinski definition) is 3. The average molecular weight is 541 g/mol. The Balaban J connectivity index is 1.70. The van der Waals surface area contributed by atoms with Gasteiger partial charge in [-0.15, -0.1) is 0 Å². The minimum Gasteiger partial charge on any atom is -0.396 e. The van der Waals surface area contributed by atoms with Gasteiger partial charge in [0.2, 0.25) is 10.0 Å². The molecule has 2 aromatic carbocycles. The summed E-state index contributed by atoms with van der Waals surface area (Å²) in [7, 11) is -3.84. The number of halogens is 2. The highest BCUT2D eigenvalue weighted by Gasteiger charge is 2.43. The van der Waals surface area contributed by atoms with E-state index in [0.29, 0.717) is 30.6 Å². The number of piperidine rings is 1. The van der Waals surface area contributed by atoms with Crippen LogP contribution in [0.2, 0.25) is 10.0 Å². The summed E-state index contributed by atoms with van der Waals surface area (Å²) in [5.74, 6) is -0.496. The minimum absolute atomic E-state index is 0.116. The SMILES string of the molecule is C[C@H]1CC[C@H](CO)N(S(=O)(=O)C2C[C@H](CO)Cc3ccc(NC(=O)c4c(Cl)cccc4Cl)cc32)C1. The monoisotopic (exact) mass is 540 g/mol. The van der Waals surface area contributed by atoms with E-state index in [-0.39, 0.29) is 47.1 Å². The lowest BCUT2D eigenvalue weighted by molar-refractivity contribution is 0.102. The van der Waals surface area contributed by atoms with Crippen LogP contribution >= 0.6 is 23.2 Å². The van der Waals surface area contributed by atoms with Crippen molar-refractivity contribution in [3.05, 3.63) is 63.1 Å². The number of anilines is 1. The van der Waals surface area contributed by atoms with Crippen LogP contribution in [0, 0.1) is 11.8 Å². The summed E-state index contributed by atoms with van der Waals surface area (Å²) < 4.78 is 29.3. The molecule has 1 amide bonds. The molecule has 4 rings (SSSR count). The Bertz CT molecular complexity index is 1190. The third-order valence-corrected chi connectivity index (χ3v) is 9.94. The van der Waals surface area contributed by atoms with E-state index in [4.69, 9.17) is 23.2 Å². The molecule has 0 bridgehead atoms. The van der Waals surface area contributed by atoms with Crippen LogP contribution in [0.5, 0.6) is 0 Å². The summed E-state index contributed by atoms with van der Waals surface area (Å²) in [6.07, 6.45) is 2.28. The molecular formula is C25H30Cl2N2O5S. The number of aliphatic hydroxyl groups is 2. The number of hydrogen-bond acceptors (Lipinski definition) is 5. The zero-order valence-corrected chi connectivity index (χ0v) is 21.8. The van der Waals surface area contributed by atoms with Crippen LogP contribution in [0.15, 0.2) is 36.4 Å². The highest BCUT2D eigenvalue weighted by Crippen LogP contribution is 2.42. The highest BCUT2D eigenvalue weighted by atomic mass is 35.5. The molecule has 0 saturated carbocycles. The second kappa shape index (κ2) is 10.7. The fourth-order valence-corrected chi connectivity index (χ4v) is 8.14. The molecular weight excluding hydrogens is 511 g/mol. The summed E-state index contributed by atoms with van der Waals surface area (Å²) >= 11 is 12.3. The van der Waals surface area contributed by atoms with Crippen LogP contribution in [-0.2, 0) is 16.4 Å². The molecule has 0 spiro atoms. The summed E-state index contributed by atoms with van der Waals surface area (Å²) in [6, 6.07) is 9.54. The lowest BCUT2D eigenvalue weighted by Crippen LogP contribution is -2.50. The first-order valence-corrected chi connectivity index (χ1v) is 14.0. The number of carbonyl (C=O) groups is 1. The van der Waals surface area contributed by atoms with Crippen LogP contribution in [0.4, 0.5) is 5.69 Å². The Morgan fingerprint density at radius 2 is 1.83 bits per heavy atom. The van der Waals surface area contributed by atoms with Crippen molar-refractivity contribution in [2.24, 2.45) is 11.8 Å². The van der Waals surface area contributed by atoms with E-state index in [9.17, 15) is 23.4 Å². The Labute approximate surface area is 216 Å². The normalized spacial score (nSPS) is 25.2. The Kier molecular flexibility index (Phi) is 8.10. The maximum Gasteiger partial charge on any atom is 0.258 e. The molecule has 7 nitrogen and oxygen atoms in total. The van der Waals surface area contributed by atoms with Gasteiger partial charge in [0.15, 0.2) is 0 Å². The zero-order chi connectivity index (χ0) is 25.3. The molecule has 4 atom stereocenters. The minimum atomic E-state index is -3.84. The number of benzene rings is 2. The van der Waals surface area contributed by atoms with Gasteiger partial charge < -0.3 is 15.5 Å². The first-order valence-electron chi connectivity index (χ1n) is 11.8. The molecule has 10 heteroatoms. The predicted molar refractivity (Wildman–Crippen MR) is 137 cm³/mol. The smallest absolute Gasteiger partial charge is 0.258 e. The quantitative estimate of drug-likeness (QED) is 0.507. The molecule has 35 heavy (non-hydrogen) atoms. The number of carbonyl (C=O) groups excluding carboxylic acids is 1. The largest absolute Gasteiger partial charge is 0.396 e. The van der Waals surface area contributed by atoms with Crippen molar-refractivity contribution in [2.75, 3.05) is 25.1 Å². The van der Waals surface area contributed by atoms with Gasteiger partial charge in [0.25, 0.3) is 5.91 Å². The molecule has 3 N–H and O–H groups in total. The van der Waals surface area contributed by atoms with Gasteiger partial charge in [0.1, 0.15) is 5.25 Å². The highest BCUT2D eigenvalue weighted by molar-refractivity contribution is 7.89. The van der Waals surface area contributed by atoms with Gasteiger partial charge in [-0.1, -0.05) is 42.3 Å². The van der Waals surface area contributed by atoms with Crippen LogP contribution in [-0.4, -0.2) is 54.6 Å². The molecule has 0 aromatic heterocycles. The van der Waals surface area contributed by atoms with E-state index in [0.717, 1.165) is 12.0 Å². The van der Waals surface area contributed by atoms with Crippen molar-refractivity contribution < 1.29 is 23.4 Å². The van der Waals surface area contributed by atoms with Crippen molar-refractivity contribution >= 4 is 44.8 Å². The molecule has 190 valence electrons. The van der Waals surface area contributed by atoms with Crippen molar-refractivity contribution in [2.45, 2.75) is 43.9 Å². The average Bonchev–Trinajstić information content (AvgIpc) is 2.83. The zero-order valence-electron chi connectivity index (χ0n) is 19.5. The summed E-state index contributed by atoms with van der Waals surface area (Å²) in [5.41, 5.74) is 2.00. The predicted octanol–water partition coefficient (Wildman–Crippen LogP) is 4.26. The van der Waals surface area contributed by atoms with Gasteiger partial charge in [0, 0.05) is 24.9 Å². The molecule has 1 fully saturated rings. The molecule has 1 aliphatic heterocycles. The van der Waals surface area contributed by atoms with E-state index in [2.05, 4.69) is 5.32 Å². The third kappa shape index (κ3) is 5.38. The molecule has 1 unspecified atom stereocenters. The fraction of sp³-hybridized carbons (Fsp3) is 0.480. The molecule has 1 aliphatic carbocycles. The van der Waals surface area contributed by atoms with E-state index in [1.165, 1.54) is 4.31 Å². The van der Waals surface area contributed by atoms with E-state index < -0.39 is 27.2 Å². The number of fused-ring (bicyclic) bond motifs is 1. The second-order valence-electron chi connectivity index (χ2n) is 9.57. The Morgan fingerprint density at radius 3 is 2.49 bits per heavy atom. The van der Waals surface area contributed by atoms with Crippen LogP contribution in [0.3, 0.4) is 0 Å². The maximum absolute atomic E-state index is 13.9. The number of nitrogens with one attached hydrogen (secondary N) is 1. The van der Waals surface area contributed by atoms with Crippen LogP contribution in [0.25, 0.3) is 0 Å². The van der Waals surface area contributed by atoms with E-state index in [1.54, 1.807) is 36.4 Å². The number of sulfonamides is 1. The fourth-order valence-electron chi connectivity index (χ4n) is 5.14. The number of rotatable bonds is 6. The first-order chi connectivity index (χ1) is 16.6. The van der Waals surface area contributed by atoms with Gasteiger partial charge in [-0.05, 0) is 72.9 Å². The van der Waals surface area contributed by atoms with Crippen LogP contribution in [0.1, 0.15) is 52.9 Å². The molecule has 2 aliphatic rings. The summed E-state index contributed by atoms with van der Waals surface area (Å²) in [4.78, 5) is 12.9. The standard InChI is InChI=1S/C25H30Cl2N2O5S/c1-15-5-8-19(14-31)29(12-15)35(33,34)23-10-16(13-30)9-17-6-7-18(11-20(17)23)28-25(32)24-21(26)3-2-4-22(24)27/h2-4,6-7,11,15-16,19,23,30-31H,5,8-10,12-14H2,1H3,(H,28,32)/t15-,16+,19+,23?/m0/s1. The van der Waals surface area contributed by atoms with Gasteiger partial charge in [-0.3, -0.25) is 4.79 Å². The Morgan fingerprint density at radius 1 is 1.11 bits per heavy atom. The lowest BCUT2D eigenvalue weighted by Gasteiger charge is -2.41. The first kappa shape index (κ1) is 26.4. The van der Waals surface area contributed by atoms with E-state index in [1.807, 2.05) is 6.92 Å². The topological polar surface area (TPSA) is 107 Å². The van der Waals surface area contributed by atoms with Crippen LogP contribution < -0.4 is 5.32 Å². The Hall–Kier alpha value is -1.68. The number of amides is 1. The maximum atomic E-state index is 13.9.